The van der Waals surface area contributed by atoms with E-state index in [0.717, 1.165) is 72.5 Å². The summed E-state index contributed by atoms with van der Waals surface area (Å²) in [6, 6.07) is 14.2. The monoisotopic (exact) mass is 806 g/mol. The molecule has 2 saturated heterocycles. The fourth-order valence-electron chi connectivity index (χ4n) is 7.04. The van der Waals surface area contributed by atoms with Crippen molar-refractivity contribution in [3.05, 3.63) is 95.6 Å². The van der Waals surface area contributed by atoms with Gasteiger partial charge in [0.15, 0.2) is 0 Å². The minimum atomic E-state index is -3.92. The van der Waals surface area contributed by atoms with Crippen molar-refractivity contribution in [2.75, 3.05) is 36.9 Å². The average Bonchev–Trinajstić information content (AvgIpc) is 3.89. The molecule has 56 heavy (non-hydrogen) atoms. The zero-order chi connectivity index (χ0) is 39.5. The van der Waals surface area contributed by atoms with Gasteiger partial charge < -0.3 is 30.7 Å². The number of fused-ring (bicyclic) bond motifs is 4. The van der Waals surface area contributed by atoms with Gasteiger partial charge in [0.25, 0.3) is 43.7 Å². The van der Waals surface area contributed by atoms with Crippen LogP contribution in [0.1, 0.15) is 93.1 Å². The number of hydrogen-bond acceptors (Lipinski definition) is 10. The molecule has 0 radical (unpaired) electrons. The van der Waals surface area contributed by atoms with Gasteiger partial charge in [-0.3, -0.25) is 19.2 Å². The lowest BCUT2D eigenvalue weighted by Crippen LogP contribution is -2.29. The minimum absolute atomic E-state index is 0.0229. The second kappa shape index (κ2) is 16.4. The maximum absolute atomic E-state index is 12.8. The van der Waals surface area contributed by atoms with Crippen molar-refractivity contribution in [3.8, 4) is 0 Å². The number of carbonyl (C=O) groups excluding carboxylic acids is 4. The minimum Gasteiger partial charge on any atom is -0.378 e. The van der Waals surface area contributed by atoms with Crippen LogP contribution in [0.15, 0.2) is 82.8 Å². The van der Waals surface area contributed by atoms with Crippen LogP contribution in [-0.2, 0) is 29.5 Å². The second-order valence-electron chi connectivity index (χ2n) is 13.8. The molecule has 4 aliphatic heterocycles. The molecule has 0 bridgehead atoms. The quantitative estimate of drug-likeness (QED) is 0.201. The van der Waals surface area contributed by atoms with Crippen molar-refractivity contribution < 1.29 is 45.5 Å². The van der Waals surface area contributed by atoms with E-state index in [9.17, 15) is 36.0 Å². The van der Waals surface area contributed by atoms with Crippen molar-refractivity contribution >= 4 is 55.1 Å². The van der Waals surface area contributed by atoms with Crippen LogP contribution in [0.2, 0.25) is 0 Å². The van der Waals surface area contributed by atoms with Gasteiger partial charge >= 0.3 is 0 Å². The molecule has 2 aromatic carbocycles. The molecule has 8 rings (SSSR count). The Morgan fingerprint density at radius 2 is 1.07 bits per heavy atom. The molecular formula is C38H42N6O10S2. The summed E-state index contributed by atoms with van der Waals surface area (Å²) in [5, 5.41) is 10.8. The van der Waals surface area contributed by atoms with Gasteiger partial charge in [-0.2, -0.15) is 0 Å². The topological polar surface area (TPSA) is 213 Å². The summed E-state index contributed by atoms with van der Waals surface area (Å²) in [5.74, 6) is -1.73. The number of benzene rings is 2. The fraction of sp³-hybridized carbons (Fsp3) is 0.368. The third-order valence-electron chi connectivity index (χ3n) is 10.00. The molecule has 4 N–H and O–H groups in total. The summed E-state index contributed by atoms with van der Waals surface area (Å²) in [6.45, 7) is 2.47. The van der Waals surface area contributed by atoms with Crippen molar-refractivity contribution in [1.82, 2.24) is 18.6 Å². The molecule has 296 valence electrons. The summed E-state index contributed by atoms with van der Waals surface area (Å²) in [4.78, 5) is 49.5. The fourth-order valence-corrected chi connectivity index (χ4v) is 9.99. The maximum Gasteiger partial charge on any atom is 0.273 e. The van der Waals surface area contributed by atoms with Crippen molar-refractivity contribution in [1.29, 1.82) is 0 Å². The number of rotatable bonds is 8. The predicted molar refractivity (Wildman–Crippen MR) is 204 cm³/mol. The van der Waals surface area contributed by atoms with Gasteiger partial charge in [-0.1, -0.05) is 0 Å². The molecule has 0 spiro atoms. The number of hydrogen-bond donors (Lipinski definition) is 4. The van der Waals surface area contributed by atoms with E-state index >= 15 is 0 Å². The van der Waals surface area contributed by atoms with Crippen LogP contribution in [0.5, 0.6) is 0 Å². The molecule has 4 amide bonds. The van der Waals surface area contributed by atoms with Crippen LogP contribution in [0.25, 0.3) is 0 Å². The van der Waals surface area contributed by atoms with Gasteiger partial charge in [-0.15, -0.1) is 0 Å². The summed E-state index contributed by atoms with van der Waals surface area (Å²) in [5.41, 5.74) is 0.800. The van der Waals surface area contributed by atoms with Gasteiger partial charge in [-0.05, 0) is 112 Å². The summed E-state index contributed by atoms with van der Waals surface area (Å²) in [6.07, 6.45) is 10.9. The molecule has 0 saturated carbocycles. The summed E-state index contributed by atoms with van der Waals surface area (Å²) < 4.78 is 64.4. The second-order valence-corrected chi connectivity index (χ2v) is 17.4. The molecule has 2 fully saturated rings. The van der Waals surface area contributed by atoms with Gasteiger partial charge in [0, 0.05) is 49.8 Å². The maximum atomic E-state index is 12.8. The van der Waals surface area contributed by atoms with E-state index in [2.05, 4.69) is 21.3 Å². The molecule has 4 aliphatic rings. The summed E-state index contributed by atoms with van der Waals surface area (Å²) in [7, 11) is -7.83. The molecule has 16 nitrogen and oxygen atoms in total. The lowest BCUT2D eigenvalue weighted by Gasteiger charge is -2.22. The Morgan fingerprint density at radius 3 is 1.46 bits per heavy atom. The Bertz CT molecular complexity index is 2210. The lowest BCUT2D eigenvalue weighted by atomic mass is 10.1. The van der Waals surface area contributed by atoms with Crippen molar-refractivity contribution in [3.63, 3.8) is 0 Å². The highest BCUT2D eigenvalue weighted by atomic mass is 32.2. The van der Waals surface area contributed by atoms with Crippen LogP contribution in [0.4, 0.5) is 11.4 Å². The molecule has 0 aliphatic carbocycles. The van der Waals surface area contributed by atoms with Crippen molar-refractivity contribution in [2.24, 2.45) is 0 Å². The Kier molecular flexibility index (Phi) is 11.4. The number of nitrogens with one attached hydrogen (secondary N) is 4. The van der Waals surface area contributed by atoms with E-state index in [1.54, 1.807) is 0 Å². The van der Waals surface area contributed by atoms with E-state index in [1.165, 1.54) is 73.1 Å². The van der Waals surface area contributed by atoms with Gasteiger partial charge in [-0.25, -0.2) is 24.8 Å². The molecule has 2 atom stereocenters. The number of aromatic nitrogens is 2. The van der Waals surface area contributed by atoms with E-state index < -0.39 is 31.9 Å². The van der Waals surface area contributed by atoms with Crippen LogP contribution < -0.4 is 21.3 Å². The Morgan fingerprint density at radius 1 is 0.643 bits per heavy atom. The number of nitrogens with zero attached hydrogens (tertiary/aromatic N) is 2. The highest BCUT2D eigenvalue weighted by Gasteiger charge is 2.32. The third kappa shape index (κ3) is 8.14. The zero-order valence-electron chi connectivity index (χ0n) is 30.4. The number of carbonyl (C=O) groups is 4. The lowest BCUT2D eigenvalue weighted by molar-refractivity contribution is 0.0115. The first-order valence-electron chi connectivity index (χ1n) is 18.5. The Labute approximate surface area is 324 Å². The number of anilines is 2. The molecule has 0 unspecified atom stereocenters. The zero-order valence-corrected chi connectivity index (χ0v) is 32.0. The predicted octanol–water partition coefficient (Wildman–Crippen LogP) is 3.96. The van der Waals surface area contributed by atoms with Gasteiger partial charge in [0.05, 0.1) is 23.6 Å². The van der Waals surface area contributed by atoms with Crippen LogP contribution >= 0.6 is 0 Å². The Hall–Kier alpha value is -5.30. The van der Waals surface area contributed by atoms with Crippen molar-refractivity contribution in [2.45, 2.75) is 73.4 Å². The van der Waals surface area contributed by atoms with Crippen LogP contribution in [0, 0.1) is 0 Å². The van der Waals surface area contributed by atoms with Gasteiger partial charge in [0.1, 0.15) is 21.2 Å². The first-order valence-corrected chi connectivity index (χ1v) is 21.4. The summed E-state index contributed by atoms with van der Waals surface area (Å²) >= 11 is 0. The largest absolute Gasteiger partial charge is 0.378 e. The van der Waals surface area contributed by atoms with E-state index in [1.807, 2.05) is 0 Å². The first-order chi connectivity index (χ1) is 26.9. The normalized spacial score (nSPS) is 20.4. The molecule has 4 aromatic rings. The van der Waals surface area contributed by atoms with Gasteiger partial charge in [0.2, 0.25) is 0 Å². The Balaban J connectivity index is 0.000000172. The number of amides is 4. The van der Waals surface area contributed by atoms with E-state index in [4.69, 9.17) is 9.47 Å². The van der Waals surface area contributed by atoms with E-state index in [0.29, 0.717) is 13.1 Å². The molecular weight excluding hydrogens is 765 g/mol. The number of ether oxygens (including phenoxy) is 2. The highest BCUT2D eigenvalue weighted by Crippen LogP contribution is 2.31. The molecule has 18 heteroatoms. The SMILES string of the molecule is O=C(NCC[C@@H]1CCCCO1)c1ccc2c(c1)NC(=O)c1cccn1S2(=O)=O.O=C(NCC[C@H]1CCCCO1)c1ccc2c(c1)NC(=O)c1cccn1S2(=O)=O. The smallest absolute Gasteiger partial charge is 0.273 e. The third-order valence-corrected chi connectivity index (χ3v) is 13.5. The average molecular weight is 807 g/mol. The molecule has 6 heterocycles. The van der Waals surface area contributed by atoms with Crippen LogP contribution in [0.3, 0.4) is 0 Å². The first kappa shape index (κ1) is 39.0. The van der Waals surface area contributed by atoms with E-state index in [-0.39, 0.29) is 67.7 Å². The standard InChI is InChI=1S/2C19H21N3O5S/c2*23-18(20-9-8-14-4-1-2-11-27-14)13-6-7-17-15(12-13)21-19(24)16-5-3-10-22(16)28(17,25)26/h2*3,5-7,10,12,14H,1-2,4,8-9,11H2,(H,20,23)(H,21,24)/t2*14-/m10/s1. The van der Waals surface area contributed by atoms with Crippen LogP contribution in [-0.4, -0.2) is 86.9 Å². The highest BCUT2D eigenvalue weighted by molar-refractivity contribution is 7.90. The molecule has 2 aromatic heterocycles.